The fourth-order valence-corrected chi connectivity index (χ4v) is 5.42. The van der Waals surface area contributed by atoms with E-state index in [1.165, 1.54) is 25.3 Å². The number of allylic oxidation sites excluding steroid dienone is 1. The molecule has 3 atom stereocenters. The Morgan fingerprint density at radius 2 is 1.98 bits per heavy atom. The third-order valence-corrected chi connectivity index (χ3v) is 7.61. The monoisotopic (exact) mass is 692 g/mol. The number of hydrogen-bond donors (Lipinski definition) is 3. The number of carbonyl (C=O) groups excluding carboxylic acids is 3. The lowest BCUT2D eigenvalue weighted by Gasteiger charge is -2.40. The first-order chi connectivity index (χ1) is 20.3. The number of aliphatic hydroxyl groups is 2. The second-order valence-corrected chi connectivity index (χ2v) is 10.8. The molecule has 0 bridgehead atoms. The maximum Gasteiger partial charge on any atom is 0.247 e. The molecule has 0 spiro atoms. The van der Waals surface area contributed by atoms with Crippen molar-refractivity contribution in [2.24, 2.45) is 0 Å². The van der Waals surface area contributed by atoms with Crippen LogP contribution in [0, 0.1) is 3.57 Å². The molecule has 2 aromatic rings. The van der Waals surface area contributed by atoms with Crippen molar-refractivity contribution in [3.63, 3.8) is 0 Å². The number of nitrogens with one attached hydrogen (secondary N) is 1. The average molecular weight is 693 g/mol. The van der Waals surface area contributed by atoms with Crippen molar-refractivity contribution in [3.8, 4) is 17.2 Å². The second-order valence-electron chi connectivity index (χ2n) is 9.61. The Balaban J connectivity index is 2.01. The number of rotatable bonds is 14. The highest BCUT2D eigenvalue weighted by molar-refractivity contribution is 14.1. The molecule has 2 aromatic carbocycles. The predicted molar refractivity (Wildman–Crippen MR) is 166 cm³/mol. The number of methoxy groups -OCH3 is 2. The standard InChI is InChI=1S/C31H37IN2O8/c1-4-5-9-28(37)34(12-10-20-7-6-8-23(14-20)40-2)25-17-22(31(39)33-11-13-35)18-26(29(25)38)42-30-24(32)15-21(19-36)16-27(30)41-3/h5-9,14-16,18-19,25-26,29,35,38H,4,10-13,17H2,1-3H3,(H,33,39). The van der Waals surface area contributed by atoms with E-state index >= 15 is 0 Å². The number of aldehydes is 1. The number of aliphatic hydroxyl groups excluding tert-OH is 2. The Labute approximate surface area is 259 Å². The van der Waals surface area contributed by atoms with Gasteiger partial charge in [0.05, 0.1) is 30.4 Å². The summed E-state index contributed by atoms with van der Waals surface area (Å²) >= 11 is 2.01. The maximum absolute atomic E-state index is 13.5. The van der Waals surface area contributed by atoms with Gasteiger partial charge in [-0.3, -0.25) is 14.4 Å². The molecule has 226 valence electrons. The molecule has 0 radical (unpaired) electrons. The number of halogens is 1. The van der Waals surface area contributed by atoms with Crippen LogP contribution >= 0.6 is 22.6 Å². The molecule has 3 rings (SSSR count). The number of nitrogens with zero attached hydrogens (tertiary/aromatic N) is 1. The van der Waals surface area contributed by atoms with E-state index in [2.05, 4.69) is 5.32 Å². The van der Waals surface area contributed by atoms with Crippen LogP contribution in [0.15, 0.2) is 60.2 Å². The number of amides is 2. The fraction of sp³-hybridized carbons (Fsp3) is 0.387. The molecule has 2 amide bonds. The van der Waals surface area contributed by atoms with Crippen LogP contribution in [0.4, 0.5) is 0 Å². The molecule has 0 aliphatic heterocycles. The summed E-state index contributed by atoms with van der Waals surface area (Å²) in [6.45, 7) is 1.98. The third kappa shape index (κ3) is 8.55. The summed E-state index contributed by atoms with van der Waals surface area (Å²) in [5.41, 5.74) is 1.64. The van der Waals surface area contributed by atoms with E-state index in [1.807, 2.05) is 53.8 Å². The van der Waals surface area contributed by atoms with E-state index < -0.39 is 24.2 Å². The van der Waals surface area contributed by atoms with Gasteiger partial charge in [0.25, 0.3) is 0 Å². The van der Waals surface area contributed by atoms with E-state index in [0.717, 1.165) is 5.56 Å². The Morgan fingerprint density at radius 1 is 1.19 bits per heavy atom. The summed E-state index contributed by atoms with van der Waals surface area (Å²) in [6, 6.07) is 9.86. The molecule has 1 aliphatic rings. The van der Waals surface area contributed by atoms with Gasteiger partial charge in [-0.05, 0) is 77.4 Å². The van der Waals surface area contributed by atoms with Crippen LogP contribution in [0.1, 0.15) is 35.7 Å². The Hall–Kier alpha value is -3.42. The third-order valence-electron chi connectivity index (χ3n) is 6.81. The van der Waals surface area contributed by atoms with Crippen molar-refractivity contribution in [1.29, 1.82) is 0 Å². The Bertz CT molecular complexity index is 1310. The first-order valence-electron chi connectivity index (χ1n) is 13.6. The van der Waals surface area contributed by atoms with E-state index in [1.54, 1.807) is 24.2 Å². The van der Waals surface area contributed by atoms with Crippen molar-refractivity contribution in [2.75, 3.05) is 33.9 Å². The molecule has 0 fully saturated rings. The predicted octanol–water partition coefficient (Wildman–Crippen LogP) is 3.07. The molecule has 0 aromatic heterocycles. The highest BCUT2D eigenvalue weighted by Gasteiger charge is 2.40. The number of benzene rings is 2. The van der Waals surface area contributed by atoms with Gasteiger partial charge in [0, 0.05) is 30.6 Å². The molecule has 11 heteroatoms. The Kier molecular flexibility index (Phi) is 12.8. The first kappa shape index (κ1) is 33.1. The van der Waals surface area contributed by atoms with Crippen LogP contribution in [0.5, 0.6) is 17.2 Å². The lowest BCUT2D eigenvalue weighted by atomic mass is 9.87. The number of ether oxygens (including phenoxy) is 3. The summed E-state index contributed by atoms with van der Waals surface area (Å²) in [5, 5.41) is 23.6. The van der Waals surface area contributed by atoms with E-state index in [4.69, 9.17) is 14.2 Å². The summed E-state index contributed by atoms with van der Waals surface area (Å²) < 4.78 is 17.6. The van der Waals surface area contributed by atoms with Gasteiger partial charge in [-0.25, -0.2) is 0 Å². The van der Waals surface area contributed by atoms with Gasteiger partial charge in [0.1, 0.15) is 24.2 Å². The first-order valence-corrected chi connectivity index (χ1v) is 14.7. The van der Waals surface area contributed by atoms with Crippen LogP contribution in [0.2, 0.25) is 0 Å². The molecule has 1 aliphatic carbocycles. The highest BCUT2D eigenvalue weighted by Crippen LogP contribution is 2.37. The SMILES string of the molecule is CCC=CC(=O)N(CCc1cccc(OC)c1)C1CC(C(=O)NCCO)=CC(Oc2c(I)cc(C=O)cc2OC)C1O. The minimum absolute atomic E-state index is 0.0471. The Morgan fingerprint density at radius 3 is 2.64 bits per heavy atom. The van der Waals surface area contributed by atoms with E-state index in [-0.39, 0.29) is 37.8 Å². The lowest BCUT2D eigenvalue weighted by Crippen LogP contribution is -2.55. The lowest BCUT2D eigenvalue weighted by molar-refractivity contribution is -0.133. The molecule has 3 N–H and O–H groups in total. The van der Waals surface area contributed by atoms with Crippen molar-refractivity contribution in [3.05, 3.63) is 74.9 Å². The summed E-state index contributed by atoms with van der Waals surface area (Å²) in [6.07, 6.45) is 4.40. The van der Waals surface area contributed by atoms with Crippen LogP contribution < -0.4 is 19.5 Å². The van der Waals surface area contributed by atoms with Crippen molar-refractivity contribution >= 4 is 40.7 Å². The molecule has 3 unspecified atom stereocenters. The van der Waals surface area contributed by atoms with Gasteiger partial charge in [-0.2, -0.15) is 0 Å². The van der Waals surface area contributed by atoms with Crippen LogP contribution in [0.25, 0.3) is 0 Å². The zero-order valence-corrected chi connectivity index (χ0v) is 26.1. The van der Waals surface area contributed by atoms with Gasteiger partial charge >= 0.3 is 0 Å². The zero-order valence-electron chi connectivity index (χ0n) is 23.9. The molecule has 0 saturated heterocycles. The molecule has 0 saturated carbocycles. The van der Waals surface area contributed by atoms with Gasteiger partial charge in [-0.1, -0.05) is 25.1 Å². The number of carbonyl (C=O) groups is 3. The van der Waals surface area contributed by atoms with Crippen molar-refractivity contribution in [2.45, 2.75) is 44.4 Å². The van der Waals surface area contributed by atoms with Crippen molar-refractivity contribution < 1.29 is 38.8 Å². The van der Waals surface area contributed by atoms with Gasteiger partial charge < -0.3 is 34.6 Å². The molecular weight excluding hydrogens is 655 g/mol. The van der Waals surface area contributed by atoms with Crippen LogP contribution in [-0.2, 0) is 16.0 Å². The minimum atomic E-state index is -1.21. The van der Waals surface area contributed by atoms with Gasteiger partial charge in [-0.15, -0.1) is 0 Å². The average Bonchev–Trinajstić information content (AvgIpc) is 3.00. The summed E-state index contributed by atoms with van der Waals surface area (Å²) in [7, 11) is 3.02. The summed E-state index contributed by atoms with van der Waals surface area (Å²) in [4.78, 5) is 39.5. The maximum atomic E-state index is 13.5. The van der Waals surface area contributed by atoms with Gasteiger partial charge in [0.2, 0.25) is 11.8 Å². The highest BCUT2D eigenvalue weighted by atomic mass is 127. The fourth-order valence-electron chi connectivity index (χ4n) is 4.67. The largest absolute Gasteiger partial charge is 0.497 e. The minimum Gasteiger partial charge on any atom is -0.497 e. The quantitative estimate of drug-likeness (QED) is 0.156. The normalized spacial score (nSPS) is 18.2. The smallest absolute Gasteiger partial charge is 0.247 e. The second kappa shape index (κ2) is 16.3. The van der Waals surface area contributed by atoms with Crippen molar-refractivity contribution in [1.82, 2.24) is 10.2 Å². The summed E-state index contributed by atoms with van der Waals surface area (Å²) in [5.74, 6) is 0.533. The van der Waals surface area contributed by atoms with Gasteiger partial charge in [0.15, 0.2) is 11.5 Å². The molecule has 10 nitrogen and oxygen atoms in total. The van der Waals surface area contributed by atoms with Crippen LogP contribution in [-0.4, -0.2) is 85.4 Å². The van der Waals surface area contributed by atoms with E-state index in [0.29, 0.717) is 45.3 Å². The topological polar surface area (TPSA) is 135 Å². The molecule has 0 heterocycles. The van der Waals surface area contributed by atoms with Crippen LogP contribution in [0.3, 0.4) is 0 Å². The molecule has 42 heavy (non-hydrogen) atoms. The number of hydrogen-bond acceptors (Lipinski definition) is 8. The van der Waals surface area contributed by atoms with E-state index in [9.17, 15) is 24.6 Å². The molecular formula is C31H37IN2O8. The zero-order chi connectivity index (χ0) is 30.6.